The van der Waals surface area contributed by atoms with Crippen LogP contribution in [0.3, 0.4) is 0 Å². The molecule has 0 amide bonds. The van der Waals surface area contributed by atoms with Crippen LogP contribution in [0.1, 0.15) is 27.7 Å². The van der Waals surface area contributed by atoms with Gasteiger partial charge in [0.2, 0.25) is 0 Å². The molecule has 2 N–H and O–H groups in total. The van der Waals surface area contributed by atoms with Crippen molar-refractivity contribution in [2.24, 2.45) is 5.73 Å². The van der Waals surface area contributed by atoms with Crippen molar-refractivity contribution in [2.75, 3.05) is 0 Å². The molecular weight excluding hydrogens is 273 g/mol. The van der Waals surface area contributed by atoms with E-state index >= 15 is 0 Å². The van der Waals surface area contributed by atoms with Crippen LogP contribution in [-0.2, 0) is 12.6 Å². The Labute approximate surface area is 113 Å². The Balaban J connectivity index is 2.18. The molecule has 0 saturated heterocycles. The smallest absolute Gasteiger partial charge is 0.323 e. The number of nitrogens with two attached hydrogens (primary N) is 1. The summed E-state index contributed by atoms with van der Waals surface area (Å²) >= 11 is 1.43. The molecule has 0 aliphatic rings. The predicted molar refractivity (Wildman–Crippen MR) is 68.9 cm³/mol. The maximum absolute atomic E-state index is 12.6. The van der Waals surface area contributed by atoms with E-state index in [1.54, 1.807) is 11.6 Å². The number of thiazole rings is 1. The number of alkyl halides is 3. The van der Waals surface area contributed by atoms with Crippen molar-refractivity contribution in [1.29, 1.82) is 0 Å². The number of nitrogens with zero attached hydrogens (tertiary/aromatic N) is 1. The molecule has 1 atom stereocenters. The number of benzene rings is 1. The van der Waals surface area contributed by atoms with Crippen LogP contribution >= 0.6 is 11.3 Å². The third-order valence-electron chi connectivity index (χ3n) is 2.83. The molecule has 0 spiro atoms. The van der Waals surface area contributed by atoms with Gasteiger partial charge in [-0.2, -0.15) is 13.2 Å². The first-order valence-electron chi connectivity index (χ1n) is 5.69. The van der Waals surface area contributed by atoms with E-state index < -0.39 is 11.7 Å². The molecule has 1 heterocycles. The Morgan fingerprint density at radius 1 is 1.37 bits per heavy atom. The number of hydrogen-bond donors (Lipinski definition) is 1. The number of halogens is 3. The van der Waals surface area contributed by atoms with E-state index in [-0.39, 0.29) is 6.04 Å². The normalized spacial score (nSPS) is 13.5. The Kier molecular flexibility index (Phi) is 3.91. The van der Waals surface area contributed by atoms with Crippen LogP contribution in [-0.4, -0.2) is 4.98 Å². The molecule has 1 aromatic carbocycles. The van der Waals surface area contributed by atoms with Crippen molar-refractivity contribution in [2.45, 2.75) is 25.6 Å². The summed E-state index contributed by atoms with van der Waals surface area (Å²) in [5, 5.41) is 0. The van der Waals surface area contributed by atoms with Gasteiger partial charge < -0.3 is 5.73 Å². The van der Waals surface area contributed by atoms with Gasteiger partial charge in [-0.1, -0.05) is 18.2 Å². The zero-order chi connectivity index (χ0) is 14.0. The van der Waals surface area contributed by atoms with Gasteiger partial charge in [-0.15, -0.1) is 11.3 Å². The van der Waals surface area contributed by atoms with Crippen molar-refractivity contribution in [1.82, 2.24) is 4.98 Å². The van der Waals surface area contributed by atoms with Gasteiger partial charge in [-0.25, -0.2) is 4.98 Å². The number of hydrogen-bond acceptors (Lipinski definition) is 3. The van der Waals surface area contributed by atoms with Crippen molar-refractivity contribution in [3.8, 4) is 0 Å². The fourth-order valence-corrected chi connectivity index (χ4v) is 2.69. The Bertz CT molecular complexity index is 563. The fourth-order valence-electron chi connectivity index (χ4n) is 1.89. The molecule has 1 unspecified atom stereocenters. The second-order valence-electron chi connectivity index (χ2n) is 4.31. The molecule has 102 valence electrons. The van der Waals surface area contributed by atoms with E-state index in [0.717, 1.165) is 22.7 Å². The summed E-state index contributed by atoms with van der Waals surface area (Å²) in [6.07, 6.45) is -3.95. The molecule has 6 heteroatoms. The lowest BCUT2D eigenvalue weighted by Crippen LogP contribution is -2.14. The molecule has 2 aromatic rings. The summed E-state index contributed by atoms with van der Waals surface area (Å²) in [6, 6.07) is 4.95. The minimum absolute atomic E-state index is 0.323. The van der Waals surface area contributed by atoms with Crippen LogP contribution in [0.15, 0.2) is 29.8 Å². The van der Waals surface area contributed by atoms with E-state index in [4.69, 9.17) is 5.73 Å². The van der Waals surface area contributed by atoms with Gasteiger partial charge in [0, 0.05) is 10.9 Å². The second-order valence-corrected chi connectivity index (χ2v) is 5.20. The highest BCUT2D eigenvalue weighted by Gasteiger charge is 2.30. The highest BCUT2D eigenvalue weighted by Crippen LogP contribution is 2.30. The van der Waals surface area contributed by atoms with Gasteiger partial charge in [-0.05, 0) is 25.0 Å². The lowest BCUT2D eigenvalue weighted by Gasteiger charge is -2.12. The monoisotopic (exact) mass is 286 g/mol. The molecule has 0 aliphatic carbocycles. The lowest BCUT2D eigenvalue weighted by atomic mass is 10.0. The molecule has 0 bridgehead atoms. The van der Waals surface area contributed by atoms with E-state index in [1.807, 2.05) is 6.92 Å². The highest BCUT2D eigenvalue weighted by molar-refractivity contribution is 7.09. The maximum atomic E-state index is 12.6. The zero-order valence-corrected chi connectivity index (χ0v) is 11.1. The predicted octanol–water partition coefficient (Wildman–Crippen LogP) is 3.71. The molecule has 0 fully saturated rings. The number of aromatic nitrogens is 1. The van der Waals surface area contributed by atoms with Crippen LogP contribution in [0.5, 0.6) is 0 Å². The summed E-state index contributed by atoms with van der Waals surface area (Å²) in [6.45, 7) is 1.85. The topological polar surface area (TPSA) is 38.9 Å². The van der Waals surface area contributed by atoms with Gasteiger partial charge in [-0.3, -0.25) is 0 Å². The molecule has 0 saturated carbocycles. The van der Waals surface area contributed by atoms with Gasteiger partial charge in [0.1, 0.15) is 0 Å². The molecule has 19 heavy (non-hydrogen) atoms. The fraction of sp³-hybridized carbons (Fsp3) is 0.308. The van der Waals surface area contributed by atoms with Gasteiger partial charge >= 0.3 is 6.18 Å². The Hall–Kier alpha value is -1.40. The van der Waals surface area contributed by atoms with Crippen LogP contribution in [0, 0.1) is 6.92 Å². The Morgan fingerprint density at radius 3 is 2.68 bits per heavy atom. The Morgan fingerprint density at radius 2 is 2.11 bits per heavy atom. The summed E-state index contributed by atoms with van der Waals surface area (Å²) in [4.78, 5) is 5.01. The second kappa shape index (κ2) is 5.30. The van der Waals surface area contributed by atoms with E-state index in [9.17, 15) is 13.2 Å². The molecular formula is C13H13F3N2S. The van der Waals surface area contributed by atoms with Crippen LogP contribution < -0.4 is 5.73 Å². The highest BCUT2D eigenvalue weighted by atomic mass is 32.1. The number of aryl methyl sites for hydroxylation is 1. The van der Waals surface area contributed by atoms with Crippen molar-refractivity contribution in [3.63, 3.8) is 0 Å². The average Bonchev–Trinajstić information content (AvgIpc) is 2.75. The van der Waals surface area contributed by atoms with Gasteiger partial charge in [0.05, 0.1) is 16.8 Å². The first-order chi connectivity index (χ1) is 8.88. The molecule has 0 radical (unpaired) electrons. The largest absolute Gasteiger partial charge is 0.416 e. The van der Waals surface area contributed by atoms with E-state index in [1.165, 1.54) is 17.4 Å². The number of rotatable bonds is 3. The summed E-state index contributed by atoms with van der Waals surface area (Å²) in [7, 11) is 0. The molecule has 2 nitrogen and oxygen atoms in total. The van der Waals surface area contributed by atoms with Crippen molar-refractivity contribution >= 4 is 11.3 Å². The van der Waals surface area contributed by atoms with Crippen LogP contribution in [0.4, 0.5) is 13.2 Å². The summed E-state index contributed by atoms with van der Waals surface area (Å²) in [5.41, 5.74) is 8.49. The third kappa shape index (κ3) is 3.33. The first kappa shape index (κ1) is 14.0. The standard InChI is InChI=1S/C13H13F3N2S/c1-8-12(19-7-18-8)11(17)6-9-3-2-4-10(5-9)13(14,15)16/h2-5,7,11H,6,17H2,1H3. The third-order valence-corrected chi connectivity index (χ3v) is 3.89. The van der Waals surface area contributed by atoms with Crippen molar-refractivity contribution in [3.05, 3.63) is 51.5 Å². The maximum Gasteiger partial charge on any atom is 0.416 e. The SMILES string of the molecule is Cc1ncsc1C(N)Cc1cccc(C(F)(F)F)c1. The van der Waals surface area contributed by atoms with E-state index in [0.29, 0.717) is 12.0 Å². The van der Waals surface area contributed by atoms with E-state index in [2.05, 4.69) is 4.98 Å². The minimum Gasteiger partial charge on any atom is -0.323 e. The minimum atomic E-state index is -4.32. The zero-order valence-electron chi connectivity index (χ0n) is 10.2. The molecule has 2 rings (SSSR count). The first-order valence-corrected chi connectivity index (χ1v) is 6.57. The quantitative estimate of drug-likeness (QED) is 0.934. The lowest BCUT2D eigenvalue weighted by molar-refractivity contribution is -0.137. The van der Waals surface area contributed by atoms with Gasteiger partial charge in [0.25, 0.3) is 0 Å². The van der Waals surface area contributed by atoms with Crippen LogP contribution in [0.2, 0.25) is 0 Å². The van der Waals surface area contributed by atoms with Crippen molar-refractivity contribution < 1.29 is 13.2 Å². The average molecular weight is 286 g/mol. The molecule has 1 aromatic heterocycles. The molecule has 0 aliphatic heterocycles. The summed E-state index contributed by atoms with van der Waals surface area (Å²) < 4.78 is 37.8. The summed E-state index contributed by atoms with van der Waals surface area (Å²) in [5.74, 6) is 0. The van der Waals surface area contributed by atoms with Gasteiger partial charge in [0.15, 0.2) is 0 Å². The van der Waals surface area contributed by atoms with Crippen LogP contribution in [0.25, 0.3) is 0 Å².